The molecule has 1 aliphatic heterocycles. The van der Waals surface area contributed by atoms with Gasteiger partial charge in [0.05, 0.1) is 6.10 Å². The van der Waals surface area contributed by atoms with E-state index < -0.39 is 0 Å². The first-order valence-electron chi connectivity index (χ1n) is 7.15. The summed E-state index contributed by atoms with van der Waals surface area (Å²) in [5.74, 6) is 0. The van der Waals surface area contributed by atoms with Crippen LogP contribution < -0.4 is 5.32 Å². The van der Waals surface area contributed by atoms with Gasteiger partial charge in [0.15, 0.2) is 0 Å². The van der Waals surface area contributed by atoms with E-state index >= 15 is 0 Å². The molecule has 0 amide bonds. The van der Waals surface area contributed by atoms with Crippen LogP contribution in [0.1, 0.15) is 50.8 Å². The maximum atomic E-state index is 5.59. The van der Waals surface area contributed by atoms with E-state index in [1.54, 1.807) is 0 Å². The molecule has 3 atom stereocenters. The number of ether oxygens (including phenoxy) is 1. The number of aryl methyl sites for hydroxylation is 1. The smallest absolute Gasteiger partial charge is 0.0561 e. The molecule has 1 aliphatic rings. The zero-order valence-corrected chi connectivity index (χ0v) is 11.8. The molecule has 2 rings (SSSR count). The first kappa shape index (κ1) is 13.6. The highest BCUT2D eigenvalue weighted by Gasteiger charge is 2.20. The summed E-state index contributed by atoms with van der Waals surface area (Å²) < 4.78 is 5.59. The van der Waals surface area contributed by atoms with E-state index in [-0.39, 0.29) is 0 Å². The number of benzene rings is 1. The molecule has 1 heterocycles. The van der Waals surface area contributed by atoms with Crippen molar-refractivity contribution in [1.29, 1.82) is 0 Å². The van der Waals surface area contributed by atoms with Crippen molar-refractivity contribution in [3.05, 3.63) is 35.4 Å². The molecule has 1 aromatic rings. The molecular weight excluding hydrogens is 222 g/mol. The van der Waals surface area contributed by atoms with Crippen LogP contribution in [-0.2, 0) is 11.2 Å². The second kappa shape index (κ2) is 6.35. The molecule has 2 heteroatoms. The van der Waals surface area contributed by atoms with Crippen molar-refractivity contribution in [2.45, 2.75) is 58.2 Å². The quantitative estimate of drug-likeness (QED) is 0.879. The number of nitrogens with one attached hydrogen (secondary N) is 1. The van der Waals surface area contributed by atoms with Gasteiger partial charge in [0, 0.05) is 18.7 Å². The van der Waals surface area contributed by atoms with E-state index in [1.807, 2.05) is 0 Å². The summed E-state index contributed by atoms with van der Waals surface area (Å²) in [6.07, 6.45) is 3.75. The molecule has 0 radical (unpaired) electrons. The van der Waals surface area contributed by atoms with Crippen molar-refractivity contribution in [1.82, 2.24) is 5.32 Å². The first-order chi connectivity index (χ1) is 8.69. The Bertz CT molecular complexity index is 360. The Labute approximate surface area is 111 Å². The maximum Gasteiger partial charge on any atom is 0.0561 e. The summed E-state index contributed by atoms with van der Waals surface area (Å²) in [7, 11) is 0. The largest absolute Gasteiger partial charge is 0.378 e. The van der Waals surface area contributed by atoms with Crippen LogP contribution in [0.3, 0.4) is 0 Å². The lowest BCUT2D eigenvalue weighted by molar-refractivity contribution is 0.0116. The van der Waals surface area contributed by atoms with Crippen LogP contribution in [0.2, 0.25) is 0 Å². The number of hydrogen-bond donors (Lipinski definition) is 1. The molecule has 0 bridgehead atoms. The highest BCUT2D eigenvalue weighted by Crippen LogP contribution is 2.19. The van der Waals surface area contributed by atoms with Crippen molar-refractivity contribution < 1.29 is 4.74 Å². The molecule has 2 nitrogen and oxygen atoms in total. The van der Waals surface area contributed by atoms with E-state index in [2.05, 4.69) is 50.4 Å². The van der Waals surface area contributed by atoms with Gasteiger partial charge in [-0.05, 0) is 44.2 Å². The van der Waals surface area contributed by atoms with Crippen LogP contribution in [0, 0.1) is 0 Å². The molecule has 0 spiro atoms. The second-order valence-electron chi connectivity index (χ2n) is 5.39. The third-order valence-corrected chi connectivity index (χ3v) is 3.86. The van der Waals surface area contributed by atoms with E-state index in [0.717, 1.165) is 25.9 Å². The van der Waals surface area contributed by atoms with Gasteiger partial charge in [0.2, 0.25) is 0 Å². The van der Waals surface area contributed by atoms with Gasteiger partial charge in [0.1, 0.15) is 0 Å². The Kier molecular flexibility index (Phi) is 4.79. The van der Waals surface area contributed by atoms with Crippen LogP contribution >= 0.6 is 0 Å². The summed E-state index contributed by atoms with van der Waals surface area (Å²) in [6, 6.07) is 9.99. The van der Waals surface area contributed by atoms with Crippen LogP contribution in [0.25, 0.3) is 0 Å². The maximum absolute atomic E-state index is 5.59. The average molecular weight is 247 g/mol. The lowest BCUT2D eigenvalue weighted by Crippen LogP contribution is -2.39. The minimum Gasteiger partial charge on any atom is -0.378 e. The van der Waals surface area contributed by atoms with Gasteiger partial charge >= 0.3 is 0 Å². The summed E-state index contributed by atoms with van der Waals surface area (Å²) in [5.41, 5.74) is 2.79. The topological polar surface area (TPSA) is 21.3 Å². The minimum atomic E-state index is 0.394. The number of rotatable bonds is 4. The van der Waals surface area contributed by atoms with E-state index in [9.17, 15) is 0 Å². The Balaban J connectivity index is 1.91. The van der Waals surface area contributed by atoms with Gasteiger partial charge in [-0.1, -0.05) is 31.2 Å². The van der Waals surface area contributed by atoms with E-state index in [0.29, 0.717) is 18.2 Å². The SMILES string of the molecule is CCc1ccc(C(C)NC2CCOC(C)C2)cc1. The van der Waals surface area contributed by atoms with Gasteiger partial charge < -0.3 is 10.1 Å². The molecule has 0 aromatic heterocycles. The lowest BCUT2D eigenvalue weighted by atomic mass is 10.0. The molecule has 1 N–H and O–H groups in total. The van der Waals surface area contributed by atoms with Crippen LogP contribution in [0.4, 0.5) is 0 Å². The Hall–Kier alpha value is -0.860. The minimum absolute atomic E-state index is 0.394. The Morgan fingerprint density at radius 1 is 1.33 bits per heavy atom. The fourth-order valence-electron chi connectivity index (χ4n) is 2.64. The Morgan fingerprint density at radius 3 is 2.67 bits per heavy atom. The average Bonchev–Trinajstić information content (AvgIpc) is 2.39. The molecule has 0 aliphatic carbocycles. The third-order valence-electron chi connectivity index (χ3n) is 3.86. The van der Waals surface area contributed by atoms with Crippen LogP contribution in [0.5, 0.6) is 0 Å². The van der Waals surface area contributed by atoms with Crippen LogP contribution in [-0.4, -0.2) is 18.8 Å². The van der Waals surface area contributed by atoms with Gasteiger partial charge in [-0.2, -0.15) is 0 Å². The summed E-state index contributed by atoms with van der Waals surface area (Å²) in [6.45, 7) is 7.50. The zero-order chi connectivity index (χ0) is 13.0. The van der Waals surface area contributed by atoms with Gasteiger partial charge in [-0.15, -0.1) is 0 Å². The van der Waals surface area contributed by atoms with Crippen molar-refractivity contribution in [3.63, 3.8) is 0 Å². The molecule has 1 aromatic carbocycles. The molecule has 3 unspecified atom stereocenters. The molecule has 1 saturated heterocycles. The third kappa shape index (κ3) is 3.56. The highest BCUT2D eigenvalue weighted by molar-refractivity contribution is 5.24. The number of hydrogen-bond acceptors (Lipinski definition) is 2. The van der Waals surface area contributed by atoms with E-state index in [1.165, 1.54) is 11.1 Å². The monoisotopic (exact) mass is 247 g/mol. The zero-order valence-electron chi connectivity index (χ0n) is 11.8. The fraction of sp³-hybridized carbons (Fsp3) is 0.625. The van der Waals surface area contributed by atoms with Crippen molar-refractivity contribution in [3.8, 4) is 0 Å². The highest BCUT2D eigenvalue weighted by atomic mass is 16.5. The Morgan fingerprint density at radius 2 is 2.06 bits per heavy atom. The standard InChI is InChI=1S/C16H25NO/c1-4-14-5-7-15(8-6-14)13(3)17-16-9-10-18-12(2)11-16/h5-8,12-13,16-17H,4,9-11H2,1-3H3. The lowest BCUT2D eigenvalue weighted by Gasteiger charge is -2.30. The van der Waals surface area contributed by atoms with Crippen LogP contribution in [0.15, 0.2) is 24.3 Å². The van der Waals surface area contributed by atoms with Gasteiger partial charge in [-0.3, -0.25) is 0 Å². The molecule has 1 fully saturated rings. The van der Waals surface area contributed by atoms with Crippen molar-refractivity contribution in [2.24, 2.45) is 0 Å². The van der Waals surface area contributed by atoms with Gasteiger partial charge in [-0.25, -0.2) is 0 Å². The molecule has 18 heavy (non-hydrogen) atoms. The summed E-state index contributed by atoms with van der Waals surface area (Å²) in [4.78, 5) is 0. The van der Waals surface area contributed by atoms with Gasteiger partial charge in [0.25, 0.3) is 0 Å². The van der Waals surface area contributed by atoms with Crippen molar-refractivity contribution >= 4 is 0 Å². The summed E-state index contributed by atoms with van der Waals surface area (Å²) in [5, 5.41) is 3.72. The molecule has 0 saturated carbocycles. The predicted molar refractivity (Wildman–Crippen MR) is 75.8 cm³/mol. The van der Waals surface area contributed by atoms with E-state index in [4.69, 9.17) is 4.74 Å². The first-order valence-corrected chi connectivity index (χ1v) is 7.15. The summed E-state index contributed by atoms with van der Waals surface area (Å²) >= 11 is 0. The molecular formula is C16H25NO. The normalized spacial score (nSPS) is 25.9. The van der Waals surface area contributed by atoms with Crippen molar-refractivity contribution in [2.75, 3.05) is 6.61 Å². The predicted octanol–water partition coefficient (Wildman–Crippen LogP) is 3.47. The molecule has 100 valence electrons. The second-order valence-corrected chi connectivity index (χ2v) is 5.39. The fourth-order valence-corrected chi connectivity index (χ4v) is 2.64.